The van der Waals surface area contributed by atoms with Crippen LogP contribution in [-0.2, 0) is 6.54 Å². The number of anilines is 2. The molecule has 0 fully saturated rings. The van der Waals surface area contributed by atoms with Crippen LogP contribution in [0.3, 0.4) is 0 Å². The number of hydrogen-bond donors (Lipinski definition) is 1. The lowest BCUT2D eigenvalue weighted by Crippen LogP contribution is -2.18. The summed E-state index contributed by atoms with van der Waals surface area (Å²) >= 11 is 6.28. The summed E-state index contributed by atoms with van der Waals surface area (Å²) in [6, 6.07) is 12.4. The van der Waals surface area contributed by atoms with Crippen molar-refractivity contribution in [2.24, 2.45) is 0 Å². The summed E-state index contributed by atoms with van der Waals surface area (Å²) in [5, 5.41) is 3.95. The van der Waals surface area contributed by atoms with Crippen LogP contribution in [-0.4, -0.2) is 13.6 Å². The second-order valence-corrected chi connectivity index (χ2v) is 4.94. The van der Waals surface area contributed by atoms with Crippen LogP contribution in [0.5, 0.6) is 0 Å². The van der Waals surface area contributed by atoms with Crippen LogP contribution < -0.4 is 10.2 Å². The van der Waals surface area contributed by atoms with Gasteiger partial charge in [0.05, 0.1) is 5.69 Å². The lowest BCUT2D eigenvalue weighted by molar-refractivity contribution is 0.627. The number of rotatable bonds is 5. The predicted molar refractivity (Wildman–Crippen MR) is 83.3 cm³/mol. The van der Waals surface area contributed by atoms with Gasteiger partial charge in [-0.15, -0.1) is 0 Å². The van der Waals surface area contributed by atoms with Crippen molar-refractivity contribution in [3.8, 4) is 0 Å². The molecule has 0 bridgehead atoms. The van der Waals surface area contributed by atoms with Gasteiger partial charge in [-0.05, 0) is 30.8 Å². The number of nitrogens with zero attached hydrogens (tertiary/aromatic N) is 1. The summed E-state index contributed by atoms with van der Waals surface area (Å²) in [5.41, 5.74) is 2.41. The van der Waals surface area contributed by atoms with Crippen LogP contribution in [0.1, 0.15) is 12.5 Å². The summed E-state index contributed by atoms with van der Waals surface area (Å²) in [6.45, 7) is 3.55. The zero-order valence-corrected chi connectivity index (χ0v) is 12.4. The highest BCUT2D eigenvalue weighted by atomic mass is 35.5. The molecule has 0 aliphatic heterocycles. The monoisotopic (exact) mass is 292 g/mol. The first-order chi connectivity index (χ1) is 9.65. The average molecular weight is 293 g/mol. The lowest BCUT2D eigenvalue weighted by Gasteiger charge is -2.24. The molecule has 0 spiro atoms. The SMILES string of the molecule is CCNCc1c(Cl)cccc1N(C)c1ccccc1F. The number of halogens is 2. The van der Waals surface area contributed by atoms with E-state index in [-0.39, 0.29) is 5.82 Å². The van der Waals surface area contributed by atoms with Crippen molar-refractivity contribution in [2.75, 3.05) is 18.5 Å². The van der Waals surface area contributed by atoms with E-state index in [0.29, 0.717) is 17.3 Å². The highest BCUT2D eigenvalue weighted by molar-refractivity contribution is 6.31. The van der Waals surface area contributed by atoms with E-state index in [9.17, 15) is 4.39 Å². The van der Waals surface area contributed by atoms with Crippen LogP contribution in [0.15, 0.2) is 42.5 Å². The molecule has 0 saturated heterocycles. The second-order valence-electron chi connectivity index (χ2n) is 4.53. The maximum absolute atomic E-state index is 13.9. The Morgan fingerprint density at radius 1 is 1.10 bits per heavy atom. The van der Waals surface area contributed by atoms with Gasteiger partial charge in [0.1, 0.15) is 5.82 Å². The molecule has 2 rings (SSSR count). The quantitative estimate of drug-likeness (QED) is 0.881. The van der Waals surface area contributed by atoms with E-state index in [2.05, 4.69) is 5.32 Å². The maximum atomic E-state index is 13.9. The van der Waals surface area contributed by atoms with Crippen LogP contribution in [0, 0.1) is 5.82 Å². The predicted octanol–water partition coefficient (Wildman–Crippen LogP) is 4.36. The van der Waals surface area contributed by atoms with Gasteiger partial charge in [-0.1, -0.05) is 36.7 Å². The topological polar surface area (TPSA) is 15.3 Å². The Hall–Kier alpha value is -1.58. The molecule has 2 nitrogen and oxygen atoms in total. The highest BCUT2D eigenvalue weighted by Gasteiger charge is 2.14. The van der Waals surface area contributed by atoms with E-state index >= 15 is 0 Å². The summed E-state index contributed by atoms with van der Waals surface area (Å²) in [6.07, 6.45) is 0. The maximum Gasteiger partial charge on any atom is 0.146 e. The Kier molecular flexibility index (Phi) is 4.99. The molecule has 0 radical (unpaired) electrons. The second kappa shape index (κ2) is 6.73. The smallest absolute Gasteiger partial charge is 0.146 e. The van der Waals surface area contributed by atoms with Gasteiger partial charge in [-0.3, -0.25) is 0 Å². The van der Waals surface area contributed by atoms with Gasteiger partial charge < -0.3 is 10.2 Å². The highest BCUT2D eigenvalue weighted by Crippen LogP contribution is 2.32. The van der Waals surface area contributed by atoms with Crippen molar-refractivity contribution in [3.05, 3.63) is 58.9 Å². The van der Waals surface area contributed by atoms with Gasteiger partial charge in [0, 0.05) is 29.9 Å². The summed E-state index contributed by atoms with van der Waals surface area (Å²) < 4.78 is 13.9. The van der Waals surface area contributed by atoms with Gasteiger partial charge in [0.25, 0.3) is 0 Å². The molecule has 0 saturated carbocycles. The van der Waals surface area contributed by atoms with E-state index in [1.165, 1.54) is 6.07 Å². The molecule has 20 heavy (non-hydrogen) atoms. The lowest BCUT2D eigenvalue weighted by atomic mass is 10.1. The van der Waals surface area contributed by atoms with Gasteiger partial charge in [-0.2, -0.15) is 0 Å². The van der Waals surface area contributed by atoms with E-state index in [0.717, 1.165) is 17.8 Å². The van der Waals surface area contributed by atoms with E-state index < -0.39 is 0 Å². The number of para-hydroxylation sites is 1. The van der Waals surface area contributed by atoms with Crippen LogP contribution >= 0.6 is 11.6 Å². The molecular formula is C16H18ClFN2. The Morgan fingerprint density at radius 3 is 2.50 bits per heavy atom. The van der Waals surface area contributed by atoms with Gasteiger partial charge in [0.2, 0.25) is 0 Å². The fraction of sp³-hybridized carbons (Fsp3) is 0.250. The van der Waals surface area contributed by atoms with E-state index in [4.69, 9.17) is 11.6 Å². The average Bonchev–Trinajstić information content (AvgIpc) is 2.45. The molecule has 0 atom stereocenters. The van der Waals surface area contributed by atoms with Gasteiger partial charge in [0.15, 0.2) is 0 Å². The molecule has 0 aromatic heterocycles. The third-order valence-electron chi connectivity index (χ3n) is 3.22. The Balaban J connectivity index is 2.41. The molecular weight excluding hydrogens is 275 g/mol. The fourth-order valence-electron chi connectivity index (χ4n) is 2.14. The molecule has 0 heterocycles. The third-order valence-corrected chi connectivity index (χ3v) is 3.58. The Bertz CT molecular complexity index is 586. The zero-order valence-electron chi connectivity index (χ0n) is 11.7. The summed E-state index contributed by atoms with van der Waals surface area (Å²) in [4.78, 5) is 1.83. The molecule has 2 aromatic rings. The van der Waals surface area contributed by atoms with Gasteiger partial charge in [-0.25, -0.2) is 4.39 Å². The minimum Gasteiger partial charge on any atom is -0.342 e. The number of nitrogens with one attached hydrogen (secondary N) is 1. The minimum atomic E-state index is -0.246. The van der Waals surface area contributed by atoms with E-state index in [1.807, 2.05) is 43.1 Å². The Labute approximate surface area is 124 Å². The molecule has 0 aliphatic carbocycles. The summed E-state index contributed by atoms with van der Waals surface area (Å²) in [5.74, 6) is -0.246. The molecule has 106 valence electrons. The largest absolute Gasteiger partial charge is 0.342 e. The summed E-state index contributed by atoms with van der Waals surface area (Å²) in [7, 11) is 1.85. The minimum absolute atomic E-state index is 0.246. The normalized spacial score (nSPS) is 10.6. The van der Waals surface area contributed by atoms with Crippen molar-refractivity contribution < 1.29 is 4.39 Å². The van der Waals surface area contributed by atoms with Crippen LogP contribution in [0.4, 0.5) is 15.8 Å². The van der Waals surface area contributed by atoms with Crippen molar-refractivity contribution in [1.29, 1.82) is 0 Å². The van der Waals surface area contributed by atoms with Crippen molar-refractivity contribution in [1.82, 2.24) is 5.32 Å². The first-order valence-corrected chi connectivity index (χ1v) is 6.99. The van der Waals surface area contributed by atoms with E-state index in [1.54, 1.807) is 12.1 Å². The fourth-order valence-corrected chi connectivity index (χ4v) is 2.38. The van der Waals surface area contributed by atoms with Crippen LogP contribution in [0.25, 0.3) is 0 Å². The molecule has 0 amide bonds. The van der Waals surface area contributed by atoms with Crippen molar-refractivity contribution in [2.45, 2.75) is 13.5 Å². The first-order valence-electron chi connectivity index (χ1n) is 6.61. The van der Waals surface area contributed by atoms with Crippen molar-refractivity contribution >= 4 is 23.0 Å². The zero-order chi connectivity index (χ0) is 14.5. The van der Waals surface area contributed by atoms with Crippen molar-refractivity contribution in [3.63, 3.8) is 0 Å². The molecule has 2 aromatic carbocycles. The molecule has 0 aliphatic rings. The Morgan fingerprint density at radius 2 is 1.80 bits per heavy atom. The van der Waals surface area contributed by atoms with Crippen LogP contribution in [0.2, 0.25) is 5.02 Å². The number of hydrogen-bond acceptors (Lipinski definition) is 2. The number of benzene rings is 2. The van der Waals surface area contributed by atoms with Gasteiger partial charge >= 0.3 is 0 Å². The molecule has 4 heteroatoms. The first kappa shape index (κ1) is 14.8. The molecule has 1 N–H and O–H groups in total. The standard InChI is InChI=1S/C16H18ClFN2/c1-3-19-11-12-13(17)7-6-10-15(12)20(2)16-9-5-4-8-14(16)18/h4-10,19H,3,11H2,1-2H3. The molecule has 0 unspecified atom stereocenters. The third kappa shape index (κ3) is 3.11.